The molecule has 0 saturated carbocycles. The fraction of sp³-hybridized carbons (Fsp3) is 0. The first kappa shape index (κ1) is 11.7. The van der Waals surface area contributed by atoms with Gasteiger partial charge in [-0.15, -0.1) is 0 Å². The van der Waals surface area contributed by atoms with Crippen molar-refractivity contribution in [1.82, 2.24) is 14.6 Å². The minimum atomic E-state index is -0.271. The SMILES string of the molecule is O=C(Nn1cnc2ccccc21)c1ccnc(Cl)c1. The maximum atomic E-state index is 12.1. The Labute approximate surface area is 113 Å². The van der Waals surface area contributed by atoms with Crippen molar-refractivity contribution in [3.63, 3.8) is 0 Å². The summed E-state index contributed by atoms with van der Waals surface area (Å²) in [5.74, 6) is -0.271. The third-order valence-electron chi connectivity index (χ3n) is 2.66. The summed E-state index contributed by atoms with van der Waals surface area (Å²) in [6.45, 7) is 0. The summed E-state index contributed by atoms with van der Waals surface area (Å²) in [5, 5.41) is 0.281. The number of benzene rings is 1. The Morgan fingerprint density at radius 1 is 1.21 bits per heavy atom. The van der Waals surface area contributed by atoms with Crippen molar-refractivity contribution in [2.45, 2.75) is 0 Å². The van der Waals surface area contributed by atoms with E-state index in [9.17, 15) is 4.79 Å². The number of pyridine rings is 1. The van der Waals surface area contributed by atoms with Gasteiger partial charge in [-0.2, -0.15) is 0 Å². The second-order valence-corrected chi connectivity index (χ2v) is 4.30. The van der Waals surface area contributed by atoms with E-state index in [1.54, 1.807) is 17.1 Å². The van der Waals surface area contributed by atoms with Crippen molar-refractivity contribution >= 4 is 28.5 Å². The molecule has 0 bridgehead atoms. The number of rotatable bonds is 2. The molecule has 3 aromatic rings. The number of nitrogens with one attached hydrogen (secondary N) is 1. The lowest BCUT2D eigenvalue weighted by molar-refractivity contribution is 0.101. The number of aromatic nitrogens is 3. The van der Waals surface area contributed by atoms with Gasteiger partial charge in [-0.25, -0.2) is 14.6 Å². The van der Waals surface area contributed by atoms with Crippen LogP contribution in [0, 0.1) is 0 Å². The number of nitrogens with zero attached hydrogens (tertiary/aromatic N) is 3. The second kappa shape index (κ2) is 4.70. The quantitative estimate of drug-likeness (QED) is 0.729. The van der Waals surface area contributed by atoms with Crippen LogP contribution in [0.2, 0.25) is 5.15 Å². The molecule has 1 N–H and O–H groups in total. The normalized spacial score (nSPS) is 10.6. The van der Waals surface area contributed by atoms with Gasteiger partial charge in [-0.05, 0) is 24.3 Å². The summed E-state index contributed by atoms with van der Waals surface area (Å²) in [6.07, 6.45) is 3.05. The predicted molar refractivity (Wildman–Crippen MR) is 72.7 cm³/mol. The molecule has 0 radical (unpaired) electrons. The van der Waals surface area contributed by atoms with E-state index in [1.165, 1.54) is 12.3 Å². The molecule has 94 valence electrons. The summed E-state index contributed by atoms with van der Waals surface area (Å²) in [7, 11) is 0. The zero-order chi connectivity index (χ0) is 13.2. The van der Waals surface area contributed by atoms with Gasteiger partial charge in [0.1, 0.15) is 11.5 Å². The number of fused-ring (bicyclic) bond motifs is 1. The molecule has 2 heterocycles. The number of halogens is 1. The maximum Gasteiger partial charge on any atom is 0.270 e. The Morgan fingerprint density at radius 3 is 2.89 bits per heavy atom. The second-order valence-electron chi connectivity index (χ2n) is 3.91. The highest BCUT2D eigenvalue weighted by atomic mass is 35.5. The molecule has 2 aromatic heterocycles. The average molecular weight is 273 g/mol. The summed E-state index contributed by atoms with van der Waals surface area (Å²) in [5.41, 5.74) is 4.82. The van der Waals surface area contributed by atoms with Crippen molar-refractivity contribution in [2.24, 2.45) is 0 Å². The number of carbonyl (C=O) groups is 1. The zero-order valence-corrected chi connectivity index (χ0v) is 10.5. The van der Waals surface area contributed by atoms with Gasteiger partial charge in [-0.3, -0.25) is 10.2 Å². The van der Waals surface area contributed by atoms with Crippen LogP contribution in [-0.4, -0.2) is 20.6 Å². The van der Waals surface area contributed by atoms with Gasteiger partial charge in [-0.1, -0.05) is 23.7 Å². The van der Waals surface area contributed by atoms with Gasteiger partial charge in [0.05, 0.1) is 11.0 Å². The molecule has 6 heteroatoms. The van der Waals surface area contributed by atoms with E-state index >= 15 is 0 Å². The number of imidazole rings is 1. The largest absolute Gasteiger partial charge is 0.270 e. The lowest BCUT2D eigenvalue weighted by Crippen LogP contribution is -2.22. The lowest BCUT2D eigenvalue weighted by atomic mass is 10.2. The Kier molecular flexibility index (Phi) is 2.89. The molecule has 0 unspecified atom stereocenters. The standard InChI is InChI=1S/C13H9ClN4O/c14-12-7-9(5-6-15-12)13(19)17-18-8-16-10-3-1-2-4-11(10)18/h1-8H,(H,17,19). The third-order valence-corrected chi connectivity index (χ3v) is 2.87. The first-order valence-corrected chi connectivity index (χ1v) is 5.97. The Bertz CT molecular complexity index is 753. The van der Waals surface area contributed by atoms with Crippen LogP contribution in [0.5, 0.6) is 0 Å². The number of hydrogen-bond donors (Lipinski definition) is 1. The minimum absolute atomic E-state index is 0.271. The number of carbonyl (C=O) groups excluding carboxylic acids is 1. The summed E-state index contributed by atoms with van der Waals surface area (Å²) in [6, 6.07) is 10.6. The molecule has 0 aliphatic rings. The molecule has 19 heavy (non-hydrogen) atoms. The first-order chi connectivity index (χ1) is 9.24. The molecule has 5 nitrogen and oxygen atoms in total. The summed E-state index contributed by atoms with van der Waals surface area (Å²) < 4.78 is 1.58. The number of amides is 1. The molecule has 0 saturated heterocycles. The maximum absolute atomic E-state index is 12.1. The van der Waals surface area contributed by atoms with Crippen LogP contribution in [0.1, 0.15) is 10.4 Å². The van der Waals surface area contributed by atoms with E-state index in [-0.39, 0.29) is 11.1 Å². The van der Waals surface area contributed by atoms with Crippen molar-refractivity contribution in [1.29, 1.82) is 0 Å². The smallest absolute Gasteiger partial charge is 0.267 e. The fourth-order valence-corrected chi connectivity index (χ4v) is 1.94. The van der Waals surface area contributed by atoms with Crippen molar-refractivity contribution in [2.75, 3.05) is 5.43 Å². The first-order valence-electron chi connectivity index (χ1n) is 5.59. The Morgan fingerprint density at radius 2 is 2.05 bits per heavy atom. The molecule has 0 atom stereocenters. The van der Waals surface area contributed by atoms with Crippen LogP contribution in [0.15, 0.2) is 48.9 Å². The fourth-order valence-electron chi connectivity index (χ4n) is 1.77. The van der Waals surface area contributed by atoms with Gasteiger partial charge >= 0.3 is 0 Å². The van der Waals surface area contributed by atoms with E-state index in [2.05, 4.69) is 15.4 Å². The minimum Gasteiger partial charge on any atom is -0.267 e. The molecular weight excluding hydrogens is 264 g/mol. The van der Waals surface area contributed by atoms with Gasteiger partial charge < -0.3 is 0 Å². The number of hydrogen-bond acceptors (Lipinski definition) is 3. The summed E-state index contributed by atoms with van der Waals surface area (Å²) >= 11 is 5.76. The molecule has 0 aliphatic carbocycles. The van der Waals surface area contributed by atoms with E-state index in [0.717, 1.165) is 11.0 Å². The van der Waals surface area contributed by atoms with Crippen molar-refractivity contribution in [3.05, 3.63) is 59.6 Å². The van der Waals surface area contributed by atoms with Crippen LogP contribution in [0.25, 0.3) is 11.0 Å². The van der Waals surface area contributed by atoms with Crippen LogP contribution in [0.3, 0.4) is 0 Å². The highest BCUT2D eigenvalue weighted by molar-refractivity contribution is 6.29. The van der Waals surface area contributed by atoms with Gasteiger partial charge in [0.25, 0.3) is 5.91 Å². The van der Waals surface area contributed by atoms with E-state index < -0.39 is 0 Å². The van der Waals surface area contributed by atoms with Crippen LogP contribution >= 0.6 is 11.6 Å². The Hall–Kier alpha value is -2.40. The number of para-hydroxylation sites is 2. The van der Waals surface area contributed by atoms with Crippen LogP contribution in [0.4, 0.5) is 0 Å². The molecule has 0 spiro atoms. The lowest BCUT2D eigenvalue weighted by Gasteiger charge is -2.06. The van der Waals surface area contributed by atoms with E-state index in [1.807, 2.05) is 24.3 Å². The van der Waals surface area contributed by atoms with Crippen molar-refractivity contribution in [3.8, 4) is 0 Å². The summed E-state index contributed by atoms with van der Waals surface area (Å²) in [4.78, 5) is 20.1. The highest BCUT2D eigenvalue weighted by Gasteiger charge is 2.08. The molecular formula is C13H9ClN4O. The molecule has 1 aromatic carbocycles. The molecule has 0 aliphatic heterocycles. The highest BCUT2D eigenvalue weighted by Crippen LogP contribution is 2.11. The van der Waals surface area contributed by atoms with Gasteiger partial charge in [0.15, 0.2) is 0 Å². The topological polar surface area (TPSA) is 59.8 Å². The van der Waals surface area contributed by atoms with Crippen LogP contribution in [-0.2, 0) is 0 Å². The van der Waals surface area contributed by atoms with E-state index in [4.69, 9.17) is 11.6 Å². The average Bonchev–Trinajstić information content (AvgIpc) is 2.82. The van der Waals surface area contributed by atoms with Crippen molar-refractivity contribution < 1.29 is 4.79 Å². The van der Waals surface area contributed by atoms with Gasteiger partial charge in [0.2, 0.25) is 0 Å². The zero-order valence-electron chi connectivity index (χ0n) is 9.75. The monoisotopic (exact) mass is 272 g/mol. The molecule has 0 fully saturated rings. The molecule has 1 amide bonds. The van der Waals surface area contributed by atoms with Gasteiger partial charge in [0, 0.05) is 11.8 Å². The predicted octanol–water partition coefficient (Wildman–Crippen LogP) is 2.47. The molecule has 3 rings (SSSR count). The van der Waals surface area contributed by atoms with E-state index in [0.29, 0.717) is 5.56 Å². The third kappa shape index (κ3) is 2.28. The van der Waals surface area contributed by atoms with Crippen LogP contribution < -0.4 is 5.43 Å². The Balaban J connectivity index is 1.91.